The molecule has 0 aromatic heterocycles. The van der Waals surface area contributed by atoms with E-state index in [2.05, 4.69) is 4.99 Å². The number of sulfone groups is 1. The Morgan fingerprint density at radius 2 is 2.00 bits per heavy atom. The second kappa shape index (κ2) is 7.63. The SMILES string of the molecule is Cc1ccc(N2C(=NC(=O)CCCC(=O)O)S[C@@H]3CS(=O)(=O)C[C@@H]32)c(C)c1. The van der Waals surface area contributed by atoms with E-state index >= 15 is 0 Å². The maximum Gasteiger partial charge on any atom is 0.303 e. The van der Waals surface area contributed by atoms with Gasteiger partial charge in [0.15, 0.2) is 15.0 Å². The van der Waals surface area contributed by atoms with E-state index in [0.717, 1.165) is 16.8 Å². The van der Waals surface area contributed by atoms with Crippen LogP contribution in [0.3, 0.4) is 0 Å². The fourth-order valence-corrected chi connectivity index (χ4v) is 7.40. The van der Waals surface area contributed by atoms with Crippen molar-refractivity contribution in [2.45, 2.75) is 44.4 Å². The Balaban J connectivity index is 1.89. The highest BCUT2D eigenvalue weighted by molar-refractivity contribution is 8.16. The molecule has 0 radical (unpaired) electrons. The number of aliphatic carboxylic acids is 1. The zero-order valence-electron chi connectivity index (χ0n) is 15.2. The zero-order chi connectivity index (χ0) is 19.8. The number of benzene rings is 1. The number of amides is 1. The van der Waals surface area contributed by atoms with Crippen molar-refractivity contribution in [2.75, 3.05) is 16.4 Å². The number of fused-ring (bicyclic) bond motifs is 1. The number of hydrogen-bond acceptors (Lipinski definition) is 5. The Morgan fingerprint density at radius 3 is 2.67 bits per heavy atom. The summed E-state index contributed by atoms with van der Waals surface area (Å²) in [6.07, 6.45) is 0.221. The minimum atomic E-state index is -3.11. The molecule has 9 heteroatoms. The molecule has 2 atom stereocenters. The largest absolute Gasteiger partial charge is 0.481 e. The van der Waals surface area contributed by atoms with Gasteiger partial charge in [-0.05, 0) is 31.9 Å². The van der Waals surface area contributed by atoms with E-state index in [0.29, 0.717) is 5.17 Å². The monoisotopic (exact) mass is 410 g/mol. The van der Waals surface area contributed by atoms with Gasteiger partial charge in [-0.2, -0.15) is 4.99 Å². The van der Waals surface area contributed by atoms with Crippen LogP contribution in [-0.2, 0) is 19.4 Å². The molecule has 7 nitrogen and oxygen atoms in total. The van der Waals surface area contributed by atoms with Crippen molar-refractivity contribution in [1.29, 1.82) is 0 Å². The number of rotatable bonds is 5. The van der Waals surface area contributed by atoms with E-state index < -0.39 is 15.8 Å². The molecule has 0 bridgehead atoms. The summed E-state index contributed by atoms with van der Waals surface area (Å²) in [6, 6.07) is 5.66. The lowest BCUT2D eigenvalue weighted by atomic mass is 10.1. The van der Waals surface area contributed by atoms with Crippen LogP contribution in [0.4, 0.5) is 5.69 Å². The Hall–Kier alpha value is -1.87. The summed E-state index contributed by atoms with van der Waals surface area (Å²) in [5, 5.41) is 9.05. The molecule has 0 saturated carbocycles. The number of carboxylic acid groups (broad SMARTS) is 1. The zero-order valence-corrected chi connectivity index (χ0v) is 16.8. The van der Waals surface area contributed by atoms with Gasteiger partial charge in [0.25, 0.3) is 0 Å². The summed E-state index contributed by atoms with van der Waals surface area (Å²) < 4.78 is 24.2. The van der Waals surface area contributed by atoms with Crippen LogP contribution in [0.25, 0.3) is 0 Å². The lowest BCUT2D eigenvalue weighted by molar-refractivity contribution is -0.137. The highest BCUT2D eigenvalue weighted by Gasteiger charge is 2.49. The van der Waals surface area contributed by atoms with Crippen molar-refractivity contribution in [1.82, 2.24) is 0 Å². The molecular formula is C18H22N2O5S2. The first-order valence-electron chi connectivity index (χ1n) is 8.73. The van der Waals surface area contributed by atoms with Gasteiger partial charge in [-0.3, -0.25) is 9.59 Å². The minimum absolute atomic E-state index is 0.0458. The summed E-state index contributed by atoms with van der Waals surface area (Å²) >= 11 is 1.33. The third kappa shape index (κ3) is 4.52. The van der Waals surface area contributed by atoms with Crippen LogP contribution in [0.1, 0.15) is 30.4 Å². The highest BCUT2D eigenvalue weighted by Crippen LogP contribution is 2.42. The first-order valence-corrected chi connectivity index (χ1v) is 11.4. The molecule has 0 spiro atoms. The van der Waals surface area contributed by atoms with Crippen LogP contribution in [0.2, 0.25) is 0 Å². The van der Waals surface area contributed by atoms with Crippen LogP contribution in [0.15, 0.2) is 23.2 Å². The molecule has 2 saturated heterocycles. The lowest BCUT2D eigenvalue weighted by Crippen LogP contribution is -2.38. The molecule has 1 N–H and O–H groups in total. The van der Waals surface area contributed by atoms with E-state index in [1.54, 1.807) is 0 Å². The Bertz CT molecular complexity index is 910. The van der Waals surface area contributed by atoms with Crippen molar-refractivity contribution in [2.24, 2.45) is 4.99 Å². The quantitative estimate of drug-likeness (QED) is 0.793. The second-order valence-corrected chi connectivity index (χ2v) is 10.4. The molecule has 1 aromatic rings. The van der Waals surface area contributed by atoms with Crippen LogP contribution < -0.4 is 4.90 Å². The number of carbonyl (C=O) groups is 2. The molecule has 2 aliphatic rings. The van der Waals surface area contributed by atoms with Crippen LogP contribution in [0.5, 0.6) is 0 Å². The predicted molar refractivity (Wildman–Crippen MR) is 106 cm³/mol. The van der Waals surface area contributed by atoms with E-state index in [9.17, 15) is 18.0 Å². The van der Waals surface area contributed by atoms with Gasteiger partial charge in [-0.1, -0.05) is 29.5 Å². The van der Waals surface area contributed by atoms with Crippen molar-refractivity contribution in [3.05, 3.63) is 29.3 Å². The molecule has 146 valence electrons. The van der Waals surface area contributed by atoms with Crippen LogP contribution >= 0.6 is 11.8 Å². The fraction of sp³-hybridized carbons (Fsp3) is 0.500. The first-order chi connectivity index (χ1) is 12.7. The van der Waals surface area contributed by atoms with Gasteiger partial charge < -0.3 is 10.0 Å². The Kier molecular flexibility index (Phi) is 5.62. The summed E-state index contributed by atoms with van der Waals surface area (Å²) in [5.41, 5.74) is 2.95. The molecule has 0 aliphatic carbocycles. The number of carbonyl (C=O) groups excluding carboxylic acids is 1. The molecule has 3 rings (SSSR count). The van der Waals surface area contributed by atoms with Crippen molar-refractivity contribution in [3.63, 3.8) is 0 Å². The number of anilines is 1. The maximum atomic E-state index is 12.2. The normalized spacial score (nSPS) is 25.0. The third-order valence-electron chi connectivity index (χ3n) is 4.68. The lowest BCUT2D eigenvalue weighted by Gasteiger charge is -2.26. The van der Waals surface area contributed by atoms with Gasteiger partial charge >= 0.3 is 5.97 Å². The fourth-order valence-electron chi connectivity index (χ4n) is 3.48. The Morgan fingerprint density at radius 1 is 1.26 bits per heavy atom. The van der Waals surface area contributed by atoms with Crippen molar-refractivity contribution >= 4 is 44.3 Å². The topological polar surface area (TPSA) is 104 Å². The summed E-state index contributed by atoms with van der Waals surface area (Å²) in [5.74, 6) is -1.20. The van der Waals surface area contributed by atoms with Gasteiger partial charge in [0.05, 0.1) is 17.5 Å². The molecule has 1 amide bonds. The van der Waals surface area contributed by atoms with E-state index in [4.69, 9.17) is 5.11 Å². The van der Waals surface area contributed by atoms with Gasteiger partial charge in [0.1, 0.15) is 0 Å². The van der Waals surface area contributed by atoms with E-state index in [1.807, 2.05) is 36.9 Å². The standard InChI is InChI=1S/C18H22N2O5S2/c1-11-6-7-13(12(2)8-11)20-14-9-27(24,25)10-15(14)26-18(20)19-16(21)4-3-5-17(22)23/h6-8,14-15H,3-5,9-10H2,1-2H3,(H,22,23)/t14-,15+/m0/s1. The summed E-state index contributed by atoms with van der Waals surface area (Å²) in [4.78, 5) is 28.9. The first kappa shape index (κ1) is 19.9. The molecule has 2 fully saturated rings. The molecule has 2 heterocycles. The van der Waals surface area contributed by atoms with Gasteiger partial charge in [0.2, 0.25) is 5.91 Å². The second-order valence-electron chi connectivity index (χ2n) is 7.00. The number of aliphatic imine (C=N–C) groups is 1. The van der Waals surface area contributed by atoms with Gasteiger partial charge in [-0.25, -0.2) is 8.42 Å². The molecular weight excluding hydrogens is 388 g/mol. The predicted octanol–water partition coefficient (Wildman–Crippen LogP) is 2.16. The third-order valence-corrected chi connectivity index (χ3v) is 7.89. The summed E-state index contributed by atoms with van der Waals surface area (Å²) in [6.45, 7) is 3.94. The smallest absolute Gasteiger partial charge is 0.303 e. The van der Waals surface area contributed by atoms with Gasteiger partial charge in [-0.15, -0.1) is 0 Å². The number of hydrogen-bond donors (Lipinski definition) is 1. The van der Waals surface area contributed by atoms with Crippen LogP contribution in [-0.4, -0.2) is 53.4 Å². The molecule has 27 heavy (non-hydrogen) atoms. The molecule has 2 aliphatic heterocycles. The van der Waals surface area contributed by atoms with Crippen LogP contribution in [0, 0.1) is 13.8 Å². The molecule has 1 aromatic carbocycles. The number of carboxylic acids is 1. The number of thioether (sulfide) groups is 1. The minimum Gasteiger partial charge on any atom is -0.481 e. The number of amidine groups is 1. The highest BCUT2D eigenvalue weighted by atomic mass is 32.2. The number of nitrogens with zero attached hydrogens (tertiary/aromatic N) is 2. The molecule has 0 unspecified atom stereocenters. The van der Waals surface area contributed by atoms with Crippen molar-refractivity contribution in [3.8, 4) is 0 Å². The van der Waals surface area contributed by atoms with E-state index in [1.165, 1.54) is 11.8 Å². The van der Waals surface area contributed by atoms with Gasteiger partial charge in [0, 0.05) is 23.8 Å². The van der Waals surface area contributed by atoms with Crippen molar-refractivity contribution < 1.29 is 23.1 Å². The average molecular weight is 411 g/mol. The maximum absolute atomic E-state index is 12.2. The Labute approximate surface area is 162 Å². The summed E-state index contributed by atoms with van der Waals surface area (Å²) in [7, 11) is -3.11. The number of aryl methyl sites for hydroxylation is 2. The average Bonchev–Trinajstić information content (AvgIpc) is 2.98. The van der Waals surface area contributed by atoms with E-state index in [-0.39, 0.29) is 48.0 Å².